The first kappa shape index (κ1) is 24.9. The highest BCUT2D eigenvalue weighted by atomic mass is 32.1. The molecular formula is C28H33N3O3S. The Morgan fingerprint density at radius 2 is 1.74 bits per heavy atom. The molecule has 4 rings (SSSR count). The second-order valence-electron chi connectivity index (χ2n) is 8.78. The number of carbonyl (C=O) groups is 2. The Kier molecular flexibility index (Phi) is 8.18. The van der Waals surface area contributed by atoms with Crippen LogP contribution >= 0.6 is 11.3 Å². The summed E-state index contributed by atoms with van der Waals surface area (Å²) in [6.45, 7) is 8.61. The lowest BCUT2D eigenvalue weighted by Crippen LogP contribution is -2.49. The van der Waals surface area contributed by atoms with Crippen molar-refractivity contribution in [2.24, 2.45) is 0 Å². The summed E-state index contributed by atoms with van der Waals surface area (Å²) in [7, 11) is 0. The van der Waals surface area contributed by atoms with Gasteiger partial charge < -0.3 is 14.5 Å². The largest absolute Gasteiger partial charge is 0.494 e. The van der Waals surface area contributed by atoms with Crippen LogP contribution in [0.1, 0.15) is 58.8 Å². The highest BCUT2D eigenvalue weighted by Gasteiger charge is 2.31. The van der Waals surface area contributed by atoms with Crippen molar-refractivity contribution in [3.8, 4) is 16.3 Å². The molecule has 0 N–H and O–H groups in total. The molecule has 35 heavy (non-hydrogen) atoms. The zero-order chi connectivity index (χ0) is 24.8. The molecule has 1 aliphatic heterocycles. The summed E-state index contributed by atoms with van der Waals surface area (Å²) in [5.74, 6) is 0.939. The van der Waals surface area contributed by atoms with Gasteiger partial charge in [0.05, 0.1) is 12.3 Å². The van der Waals surface area contributed by atoms with Crippen molar-refractivity contribution in [1.82, 2.24) is 14.8 Å². The highest BCUT2D eigenvalue weighted by molar-refractivity contribution is 7.17. The van der Waals surface area contributed by atoms with E-state index in [1.165, 1.54) is 11.3 Å². The van der Waals surface area contributed by atoms with E-state index in [2.05, 4.69) is 6.92 Å². The first-order valence-corrected chi connectivity index (χ1v) is 13.2. The Hall–Kier alpha value is -3.19. The Balaban J connectivity index is 1.46. The van der Waals surface area contributed by atoms with Gasteiger partial charge >= 0.3 is 0 Å². The van der Waals surface area contributed by atoms with Crippen LogP contribution in [0.15, 0.2) is 54.6 Å². The molecule has 0 atom stereocenters. The quantitative estimate of drug-likeness (QED) is 0.407. The van der Waals surface area contributed by atoms with Crippen molar-refractivity contribution < 1.29 is 14.3 Å². The number of rotatable bonds is 8. The number of benzene rings is 2. The lowest BCUT2D eigenvalue weighted by Gasteiger charge is -2.38. The zero-order valence-corrected chi connectivity index (χ0v) is 21.5. The first-order chi connectivity index (χ1) is 17.0. The molecule has 0 unspecified atom stereocenters. The maximum Gasteiger partial charge on any atom is 0.266 e. The fourth-order valence-electron chi connectivity index (χ4n) is 4.54. The zero-order valence-electron chi connectivity index (χ0n) is 20.7. The second kappa shape index (κ2) is 11.5. The molecule has 0 saturated carbocycles. The van der Waals surface area contributed by atoms with Crippen LogP contribution in [0.5, 0.6) is 5.75 Å². The van der Waals surface area contributed by atoms with Crippen molar-refractivity contribution in [2.45, 2.75) is 46.1 Å². The number of thiazole rings is 1. The minimum absolute atomic E-state index is 0.0480. The fraction of sp³-hybridized carbons (Fsp3) is 0.393. The molecule has 2 amide bonds. The molecule has 0 aliphatic carbocycles. The van der Waals surface area contributed by atoms with Crippen LogP contribution in [-0.2, 0) is 0 Å². The summed E-state index contributed by atoms with van der Waals surface area (Å²) in [6.07, 6.45) is 2.46. The summed E-state index contributed by atoms with van der Waals surface area (Å²) in [5.41, 5.74) is 2.46. The number of aromatic nitrogens is 1. The van der Waals surface area contributed by atoms with Gasteiger partial charge in [0, 0.05) is 36.8 Å². The second-order valence-corrected chi connectivity index (χ2v) is 9.78. The monoisotopic (exact) mass is 491 g/mol. The summed E-state index contributed by atoms with van der Waals surface area (Å²) in [5, 5.41) is 0.841. The van der Waals surface area contributed by atoms with Crippen molar-refractivity contribution in [1.29, 1.82) is 0 Å². The molecule has 7 heteroatoms. The standard InChI is InChI=1S/C28H33N3O3S/c1-4-17-31(23-15-18-30(19-16-23)27(32)22-9-7-6-8-10-22)28(33)25-20(3)29-26(35-25)21-11-13-24(14-12-21)34-5-2/h6-14,23H,4-5,15-19H2,1-3H3. The third kappa shape index (κ3) is 5.73. The van der Waals surface area contributed by atoms with Crippen molar-refractivity contribution in [3.05, 3.63) is 70.7 Å². The smallest absolute Gasteiger partial charge is 0.266 e. The van der Waals surface area contributed by atoms with Gasteiger partial charge in [0.2, 0.25) is 0 Å². The van der Waals surface area contributed by atoms with E-state index in [0.29, 0.717) is 31.1 Å². The number of carbonyl (C=O) groups excluding carboxylic acids is 2. The number of amides is 2. The molecule has 1 fully saturated rings. The van der Waals surface area contributed by atoms with Gasteiger partial charge in [-0.1, -0.05) is 25.1 Å². The van der Waals surface area contributed by atoms with Crippen LogP contribution in [0.3, 0.4) is 0 Å². The van der Waals surface area contributed by atoms with Gasteiger partial charge in [0.25, 0.3) is 11.8 Å². The lowest BCUT2D eigenvalue weighted by molar-refractivity contribution is 0.0522. The molecule has 6 nitrogen and oxygen atoms in total. The molecule has 0 radical (unpaired) electrons. The van der Waals surface area contributed by atoms with E-state index in [1.807, 2.05) is 78.2 Å². The molecule has 184 valence electrons. The number of piperidine rings is 1. The molecule has 1 aliphatic rings. The van der Waals surface area contributed by atoms with Crippen LogP contribution in [0.25, 0.3) is 10.6 Å². The van der Waals surface area contributed by atoms with Gasteiger partial charge in [-0.15, -0.1) is 11.3 Å². The van der Waals surface area contributed by atoms with Crippen LogP contribution in [-0.4, -0.2) is 58.9 Å². The van der Waals surface area contributed by atoms with Gasteiger partial charge in [-0.25, -0.2) is 4.98 Å². The minimum atomic E-state index is 0.0480. The third-order valence-electron chi connectivity index (χ3n) is 6.34. The van der Waals surface area contributed by atoms with Crippen molar-refractivity contribution in [3.63, 3.8) is 0 Å². The van der Waals surface area contributed by atoms with E-state index in [1.54, 1.807) is 0 Å². The topological polar surface area (TPSA) is 62.7 Å². The summed E-state index contributed by atoms with van der Waals surface area (Å²) in [4.78, 5) is 35.8. The van der Waals surface area contributed by atoms with Crippen LogP contribution in [0.4, 0.5) is 0 Å². The number of aryl methyl sites for hydroxylation is 1. The van der Waals surface area contributed by atoms with E-state index in [-0.39, 0.29) is 17.9 Å². The molecule has 1 aromatic heterocycles. The predicted octanol–water partition coefficient (Wildman–Crippen LogP) is 5.67. The number of nitrogens with zero attached hydrogens (tertiary/aromatic N) is 3. The van der Waals surface area contributed by atoms with Crippen molar-refractivity contribution >= 4 is 23.2 Å². The van der Waals surface area contributed by atoms with Crippen LogP contribution in [0, 0.1) is 6.92 Å². The Morgan fingerprint density at radius 3 is 2.37 bits per heavy atom. The van der Waals surface area contributed by atoms with Crippen LogP contribution < -0.4 is 4.74 Å². The van der Waals surface area contributed by atoms with E-state index < -0.39 is 0 Å². The fourth-order valence-corrected chi connectivity index (χ4v) is 5.57. The SMILES string of the molecule is CCCN(C(=O)c1sc(-c2ccc(OCC)cc2)nc1C)C1CCN(C(=O)c2ccccc2)CC1. The van der Waals surface area contributed by atoms with Gasteiger partial charge in [-0.05, 0) is 69.5 Å². The van der Waals surface area contributed by atoms with E-state index in [4.69, 9.17) is 9.72 Å². The highest BCUT2D eigenvalue weighted by Crippen LogP contribution is 2.31. The third-order valence-corrected chi connectivity index (χ3v) is 7.54. The Bertz CT molecular complexity index is 1140. The summed E-state index contributed by atoms with van der Waals surface area (Å²) < 4.78 is 5.53. The Labute approximate surface area is 211 Å². The predicted molar refractivity (Wildman–Crippen MR) is 140 cm³/mol. The lowest BCUT2D eigenvalue weighted by atomic mass is 10.0. The first-order valence-electron chi connectivity index (χ1n) is 12.4. The number of ether oxygens (including phenoxy) is 1. The number of hydrogen-bond acceptors (Lipinski definition) is 5. The summed E-state index contributed by atoms with van der Waals surface area (Å²) >= 11 is 1.45. The molecule has 3 aromatic rings. The van der Waals surface area contributed by atoms with Gasteiger partial charge in [-0.2, -0.15) is 0 Å². The van der Waals surface area contributed by atoms with E-state index in [9.17, 15) is 9.59 Å². The molecule has 2 aromatic carbocycles. The average molecular weight is 492 g/mol. The summed E-state index contributed by atoms with van der Waals surface area (Å²) in [6, 6.07) is 17.4. The molecule has 1 saturated heterocycles. The maximum atomic E-state index is 13.7. The number of likely N-dealkylation sites (tertiary alicyclic amines) is 1. The van der Waals surface area contributed by atoms with E-state index in [0.717, 1.165) is 46.8 Å². The minimum Gasteiger partial charge on any atom is -0.494 e. The van der Waals surface area contributed by atoms with Crippen LogP contribution in [0.2, 0.25) is 0 Å². The van der Waals surface area contributed by atoms with Gasteiger partial charge in [-0.3, -0.25) is 9.59 Å². The Morgan fingerprint density at radius 1 is 1.06 bits per heavy atom. The molecule has 2 heterocycles. The molecule has 0 bridgehead atoms. The molecular weight excluding hydrogens is 458 g/mol. The normalized spacial score (nSPS) is 14.1. The van der Waals surface area contributed by atoms with Gasteiger partial charge in [0.15, 0.2) is 0 Å². The maximum absolute atomic E-state index is 13.7. The number of hydrogen-bond donors (Lipinski definition) is 0. The average Bonchev–Trinajstić information content (AvgIpc) is 3.29. The molecule has 0 spiro atoms. The van der Waals surface area contributed by atoms with E-state index >= 15 is 0 Å². The van der Waals surface area contributed by atoms with Gasteiger partial charge in [0.1, 0.15) is 15.6 Å². The van der Waals surface area contributed by atoms with Crippen molar-refractivity contribution in [2.75, 3.05) is 26.2 Å².